The summed E-state index contributed by atoms with van der Waals surface area (Å²) in [5.41, 5.74) is 20.2. The molecule has 18 heteroatoms. The highest BCUT2D eigenvalue weighted by Crippen LogP contribution is 2.53. The lowest BCUT2D eigenvalue weighted by molar-refractivity contribution is -0.192. The molecule has 0 amide bonds. The van der Waals surface area contributed by atoms with Crippen LogP contribution in [0.5, 0.6) is 23.0 Å². The average molecular weight is 1120 g/mol. The van der Waals surface area contributed by atoms with Crippen molar-refractivity contribution in [1.29, 1.82) is 0 Å². The Kier molecular flexibility index (Phi) is 16.0. The quantitative estimate of drug-likeness (QED) is 0.116. The maximum Gasteiger partial charge on any atom is 0.488 e. The lowest BCUT2D eigenvalue weighted by atomic mass is 9.76. The molecule has 6 unspecified atom stereocenters. The van der Waals surface area contributed by atoms with E-state index in [2.05, 4.69) is 70.5 Å². The van der Waals surface area contributed by atoms with E-state index in [9.17, 15) is 0 Å². The van der Waals surface area contributed by atoms with Crippen molar-refractivity contribution in [2.75, 3.05) is 28.3 Å². The van der Waals surface area contributed by atoms with Gasteiger partial charge in [-0.1, -0.05) is 101 Å². The fourth-order valence-corrected chi connectivity index (χ4v) is 12.0. The number of guanidine groups is 2. The predicted molar refractivity (Wildman–Crippen MR) is 299 cm³/mol. The third-order valence-corrected chi connectivity index (χ3v) is 15.6. The number of hydroxylamine groups is 4. The highest BCUT2D eigenvalue weighted by molar-refractivity contribution is 9.10. The third-order valence-electron chi connectivity index (χ3n) is 14.7. The van der Waals surface area contributed by atoms with Gasteiger partial charge in [-0.2, -0.15) is 0 Å². The van der Waals surface area contributed by atoms with Crippen LogP contribution in [0.3, 0.4) is 0 Å². The highest BCUT2D eigenvalue weighted by Gasteiger charge is 2.52. The van der Waals surface area contributed by atoms with E-state index >= 15 is 0 Å². The summed E-state index contributed by atoms with van der Waals surface area (Å²) in [6, 6.07) is 39.8. The van der Waals surface area contributed by atoms with Crippen molar-refractivity contribution in [2.45, 2.75) is 94.3 Å². The minimum Gasteiger partial charge on any atom is -0.497 e. The van der Waals surface area contributed by atoms with Gasteiger partial charge in [-0.05, 0) is 144 Å². The van der Waals surface area contributed by atoms with Gasteiger partial charge in [0.1, 0.15) is 35.2 Å². The van der Waals surface area contributed by atoms with Crippen LogP contribution in [0.4, 0.5) is 0 Å². The molecule has 14 nitrogen and oxygen atoms in total. The van der Waals surface area contributed by atoms with Crippen LogP contribution in [0.15, 0.2) is 136 Å². The second kappa shape index (κ2) is 22.3. The number of methoxy groups -OCH3 is 2. The number of halogens is 3. The van der Waals surface area contributed by atoms with Crippen LogP contribution in [0.1, 0.15) is 91.2 Å². The average Bonchev–Trinajstić information content (AvgIpc) is 3.86. The number of ether oxygens (including phenoxy) is 4. The third kappa shape index (κ3) is 11.0. The molecule has 2 spiro atoms. The fourth-order valence-electron chi connectivity index (χ4n) is 11.2. The Bertz CT molecular complexity index is 3130. The van der Waals surface area contributed by atoms with Crippen LogP contribution in [0, 0.1) is 0 Å². The van der Waals surface area contributed by atoms with Crippen molar-refractivity contribution in [3.8, 4) is 34.1 Å². The molecule has 4 heterocycles. The Labute approximate surface area is 457 Å². The van der Waals surface area contributed by atoms with E-state index in [1.54, 1.807) is 43.5 Å². The zero-order chi connectivity index (χ0) is 51.9. The fraction of sp³-hybridized carbons (Fsp3) is 0.333. The van der Waals surface area contributed by atoms with Gasteiger partial charge < -0.3 is 40.5 Å². The SMILES string of the molecule is C.CN1OC2(CC(C3CCCc4ccccc43)Oc3ccc(Br)cc32)N=C1N.COc1cc(Cl)cc(-c2ccc3c(c2)C2(CC(C4CCCc5ccccc54)O3)N=C(N)N(C)O2)c1.COc1cc(Cl)cc(B(O)O)c1. The van der Waals surface area contributed by atoms with E-state index in [0.29, 0.717) is 57.7 Å². The summed E-state index contributed by atoms with van der Waals surface area (Å²) < 4.78 is 24.5. The molecule has 0 fully saturated rings. The van der Waals surface area contributed by atoms with Gasteiger partial charge in [0.05, 0.1) is 25.3 Å². The van der Waals surface area contributed by atoms with Gasteiger partial charge in [0.25, 0.3) is 0 Å². The van der Waals surface area contributed by atoms with Gasteiger partial charge in [-0.3, -0.25) is 0 Å². The van der Waals surface area contributed by atoms with Crippen LogP contribution in [0.2, 0.25) is 10.0 Å². The molecule has 0 saturated heterocycles. The van der Waals surface area contributed by atoms with Gasteiger partial charge in [0, 0.05) is 53.3 Å². The molecule has 6 aromatic rings. The Hall–Kier alpha value is -5.98. The standard InChI is InChI=1S/C28H28ClN3O3.C21H22BrN3O2.C7H8BClO3.CH4/c1-32-27(30)31-28(35-32)16-26(23-9-5-7-17-6-3-4-8-22(17)23)34-25-11-10-18(14-24(25)28)19-12-20(29)15-21(13-19)33-2;1-25-20(23)24-21(27-25)12-19(26-18-10-9-14(22)11-17(18)21)16-8-4-6-13-5-2-3-7-15(13)16;1-12-7-3-5(8(10)11)2-6(9)4-7;/h3-4,6,8,10-15,23,26H,5,7,9,16H2,1-2H3,(H2,30,31);2-3,5,7,9-11,16,19H,4,6,8,12H2,1H3,(H2,23,24);2-4,10-11H,1H3;1H4. The lowest BCUT2D eigenvalue weighted by Gasteiger charge is -2.41. The molecule has 6 atom stereocenters. The number of hydrogen-bond donors (Lipinski definition) is 4. The smallest absolute Gasteiger partial charge is 0.488 e. The Morgan fingerprint density at radius 1 is 0.640 bits per heavy atom. The van der Waals surface area contributed by atoms with Crippen molar-refractivity contribution in [2.24, 2.45) is 21.5 Å². The zero-order valence-corrected chi connectivity index (χ0v) is 44.6. The van der Waals surface area contributed by atoms with E-state index in [1.165, 1.54) is 47.9 Å². The summed E-state index contributed by atoms with van der Waals surface area (Å²) in [5, 5.41) is 21.8. The summed E-state index contributed by atoms with van der Waals surface area (Å²) in [6.07, 6.45) is 7.87. The van der Waals surface area contributed by atoms with Crippen LogP contribution < -0.4 is 35.9 Å². The predicted octanol–water partition coefficient (Wildman–Crippen LogP) is 10.4. The number of aryl methyl sites for hydroxylation is 2. The summed E-state index contributed by atoms with van der Waals surface area (Å²) in [4.78, 5) is 22.2. The van der Waals surface area contributed by atoms with Gasteiger partial charge in [0.15, 0.2) is 0 Å². The minimum absolute atomic E-state index is 0. The lowest BCUT2D eigenvalue weighted by Crippen LogP contribution is -2.42. The number of nitrogens with zero attached hydrogens (tertiary/aromatic N) is 4. The molecular formula is C57H62BBrCl2N6O8. The first-order chi connectivity index (χ1) is 35.6. The molecule has 392 valence electrons. The van der Waals surface area contributed by atoms with Gasteiger partial charge >= 0.3 is 7.12 Å². The van der Waals surface area contributed by atoms with Crippen molar-refractivity contribution in [3.05, 3.63) is 169 Å². The van der Waals surface area contributed by atoms with Crippen LogP contribution in [0.25, 0.3) is 11.1 Å². The molecule has 2 aliphatic carbocycles. The monoisotopic (exact) mass is 1120 g/mol. The maximum absolute atomic E-state index is 8.81. The molecule has 0 bridgehead atoms. The number of rotatable bonds is 6. The maximum atomic E-state index is 8.81. The molecule has 6 aliphatic rings. The number of nitrogens with two attached hydrogens (primary N) is 2. The van der Waals surface area contributed by atoms with Crippen molar-refractivity contribution >= 4 is 63.6 Å². The number of fused-ring (bicyclic) bond motifs is 6. The normalized spacial score (nSPS) is 23.7. The van der Waals surface area contributed by atoms with Gasteiger partial charge in [0.2, 0.25) is 23.4 Å². The second-order valence-electron chi connectivity index (χ2n) is 19.3. The second-order valence-corrected chi connectivity index (χ2v) is 21.1. The summed E-state index contributed by atoms with van der Waals surface area (Å²) in [5.74, 6) is 4.15. The van der Waals surface area contributed by atoms with Crippen LogP contribution in [-0.2, 0) is 34.0 Å². The first-order valence-corrected chi connectivity index (χ1v) is 26.2. The number of benzene rings is 6. The van der Waals surface area contributed by atoms with Gasteiger partial charge in [-0.15, -0.1) is 0 Å². The first kappa shape index (κ1) is 53.8. The molecule has 0 radical (unpaired) electrons. The molecule has 0 aromatic heterocycles. The van der Waals surface area contributed by atoms with Crippen molar-refractivity contribution < 1.29 is 38.7 Å². The van der Waals surface area contributed by atoms with Crippen molar-refractivity contribution in [3.63, 3.8) is 0 Å². The number of aliphatic imine (C=N–C) groups is 2. The van der Waals surface area contributed by atoms with E-state index in [4.69, 9.17) is 83.3 Å². The summed E-state index contributed by atoms with van der Waals surface area (Å²) in [6.45, 7) is 0. The van der Waals surface area contributed by atoms with Gasteiger partial charge in [-0.25, -0.2) is 29.8 Å². The summed E-state index contributed by atoms with van der Waals surface area (Å²) in [7, 11) is 5.19. The minimum atomic E-state index is -1.52. The van der Waals surface area contributed by atoms with E-state index in [0.717, 1.165) is 70.3 Å². The molecular weight excluding hydrogens is 1060 g/mol. The van der Waals surface area contributed by atoms with E-state index < -0.39 is 18.6 Å². The number of hydrogen-bond acceptors (Lipinski definition) is 14. The highest BCUT2D eigenvalue weighted by atomic mass is 79.9. The molecule has 6 N–H and O–H groups in total. The first-order valence-electron chi connectivity index (χ1n) is 24.7. The van der Waals surface area contributed by atoms with Crippen LogP contribution >= 0.6 is 39.1 Å². The van der Waals surface area contributed by atoms with Crippen molar-refractivity contribution in [1.82, 2.24) is 10.1 Å². The summed E-state index contributed by atoms with van der Waals surface area (Å²) >= 11 is 15.6. The molecule has 12 rings (SSSR count). The van der Waals surface area contributed by atoms with E-state index in [-0.39, 0.29) is 25.6 Å². The molecule has 75 heavy (non-hydrogen) atoms. The Morgan fingerprint density at radius 3 is 1.64 bits per heavy atom. The molecule has 0 saturated carbocycles. The Morgan fingerprint density at radius 2 is 1.13 bits per heavy atom. The largest absolute Gasteiger partial charge is 0.497 e. The topological polar surface area (TPSA) is 179 Å². The Balaban J connectivity index is 0.000000152. The zero-order valence-electron chi connectivity index (χ0n) is 41.5. The van der Waals surface area contributed by atoms with E-state index in [1.807, 2.05) is 42.5 Å². The molecule has 4 aliphatic heterocycles. The molecule has 6 aromatic carbocycles. The van der Waals surface area contributed by atoms with Crippen LogP contribution in [-0.4, -0.2) is 79.7 Å².